The van der Waals surface area contributed by atoms with Gasteiger partial charge in [-0.2, -0.15) is 0 Å². The van der Waals surface area contributed by atoms with Crippen molar-refractivity contribution in [2.24, 2.45) is 4.99 Å². The lowest BCUT2D eigenvalue weighted by molar-refractivity contribution is -0.207. The first-order chi connectivity index (χ1) is 17.4. The van der Waals surface area contributed by atoms with Gasteiger partial charge in [0.2, 0.25) is 0 Å². The number of aliphatic imine (C=N–C) groups is 1. The molecule has 2 aliphatic rings. The normalized spacial score (nSPS) is 27.4. The van der Waals surface area contributed by atoms with Crippen molar-refractivity contribution in [2.75, 3.05) is 13.7 Å². The number of benzene rings is 3. The van der Waals surface area contributed by atoms with Gasteiger partial charge < -0.3 is 23.9 Å². The van der Waals surface area contributed by atoms with Gasteiger partial charge in [-0.1, -0.05) is 91.0 Å². The zero-order valence-electron chi connectivity index (χ0n) is 21.5. The molecule has 3 aromatic rings. The number of fused-ring (bicyclic) bond motifs is 1. The van der Waals surface area contributed by atoms with E-state index in [1.807, 2.05) is 38.3 Å². The summed E-state index contributed by atoms with van der Waals surface area (Å²) < 4.78 is 26.4. The molecule has 5 rings (SSSR count). The summed E-state index contributed by atoms with van der Waals surface area (Å²) in [4.78, 5) is 4.18. The van der Waals surface area contributed by atoms with E-state index >= 15 is 0 Å². The fourth-order valence-corrected chi connectivity index (χ4v) is 5.74. The molecule has 2 unspecified atom stereocenters. The summed E-state index contributed by atoms with van der Waals surface area (Å²) in [6.45, 7) is 6.33. The molecule has 0 amide bonds. The molecule has 3 aromatic carbocycles. The topological polar surface area (TPSA) is 49.3 Å². The molecule has 2 saturated heterocycles. The Morgan fingerprint density at radius 2 is 1.33 bits per heavy atom. The van der Waals surface area contributed by atoms with Crippen LogP contribution in [0.1, 0.15) is 43.9 Å². The summed E-state index contributed by atoms with van der Waals surface area (Å²) >= 11 is 0. The zero-order chi connectivity index (χ0) is 25.2. The van der Waals surface area contributed by atoms with Crippen LogP contribution in [0.2, 0.25) is 0 Å². The first-order valence-corrected chi connectivity index (χ1v) is 12.6. The SMILES string of the molecule is CN=CCC1OC(COC(c2ccccc2)(c2ccccc2)c2ccccc2)[C@H]2OC(C)(C)O[C@@]12C. The minimum Gasteiger partial charge on any atom is -0.366 e. The number of hydrogen-bond acceptors (Lipinski definition) is 5. The fraction of sp³-hybridized carbons (Fsp3) is 0.387. The van der Waals surface area contributed by atoms with E-state index in [4.69, 9.17) is 18.9 Å². The van der Waals surface area contributed by atoms with Gasteiger partial charge in [0.05, 0.1) is 12.7 Å². The zero-order valence-corrected chi connectivity index (χ0v) is 21.5. The Bertz CT molecular complexity index is 1070. The highest BCUT2D eigenvalue weighted by molar-refractivity contribution is 5.58. The Kier molecular flexibility index (Phi) is 6.84. The van der Waals surface area contributed by atoms with Crippen molar-refractivity contribution in [3.63, 3.8) is 0 Å². The van der Waals surface area contributed by atoms with Crippen molar-refractivity contribution in [3.8, 4) is 0 Å². The van der Waals surface area contributed by atoms with Gasteiger partial charge in [-0.15, -0.1) is 0 Å². The van der Waals surface area contributed by atoms with Crippen molar-refractivity contribution in [2.45, 2.75) is 62.5 Å². The largest absolute Gasteiger partial charge is 0.366 e. The molecule has 2 fully saturated rings. The first-order valence-electron chi connectivity index (χ1n) is 12.6. The van der Waals surface area contributed by atoms with Crippen LogP contribution < -0.4 is 0 Å². The lowest BCUT2D eigenvalue weighted by atomic mass is 9.80. The predicted molar refractivity (Wildman–Crippen MR) is 141 cm³/mol. The second-order valence-corrected chi connectivity index (χ2v) is 10.2. The smallest absolute Gasteiger partial charge is 0.164 e. The van der Waals surface area contributed by atoms with E-state index in [2.05, 4.69) is 84.7 Å². The molecule has 188 valence electrons. The average Bonchev–Trinajstić information content (AvgIpc) is 3.30. The molecule has 4 atom stereocenters. The molecule has 5 nitrogen and oxygen atoms in total. The summed E-state index contributed by atoms with van der Waals surface area (Å²) in [5.74, 6) is -0.696. The molecule has 0 bridgehead atoms. The molecule has 0 spiro atoms. The second-order valence-electron chi connectivity index (χ2n) is 10.2. The first kappa shape index (κ1) is 24.8. The van der Waals surface area contributed by atoms with Gasteiger partial charge in [-0.3, -0.25) is 0 Å². The average molecular weight is 486 g/mol. The highest BCUT2D eigenvalue weighted by atomic mass is 16.8. The Morgan fingerprint density at radius 1 is 0.833 bits per heavy atom. The van der Waals surface area contributed by atoms with E-state index in [0.717, 1.165) is 16.7 Å². The van der Waals surface area contributed by atoms with Gasteiger partial charge in [-0.25, -0.2) is 0 Å². The maximum absolute atomic E-state index is 7.05. The third kappa shape index (κ3) is 4.41. The van der Waals surface area contributed by atoms with Crippen molar-refractivity contribution in [1.29, 1.82) is 0 Å². The van der Waals surface area contributed by atoms with E-state index in [-0.39, 0.29) is 18.3 Å². The van der Waals surface area contributed by atoms with Crippen molar-refractivity contribution < 1.29 is 18.9 Å². The van der Waals surface area contributed by atoms with Crippen molar-refractivity contribution >= 4 is 6.21 Å². The van der Waals surface area contributed by atoms with Gasteiger partial charge in [0.15, 0.2) is 5.79 Å². The molecular formula is C31H35NO4. The van der Waals surface area contributed by atoms with Crippen LogP contribution in [0.3, 0.4) is 0 Å². The van der Waals surface area contributed by atoms with E-state index in [1.54, 1.807) is 7.05 Å². The van der Waals surface area contributed by atoms with Crippen LogP contribution in [0, 0.1) is 0 Å². The number of hydrogen-bond donors (Lipinski definition) is 0. The predicted octanol–water partition coefficient (Wildman–Crippen LogP) is 5.76. The van der Waals surface area contributed by atoms with Gasteiger partial charge >= 0.3 is 0 Å². The second kappa shape index (κ2) is 9.91. The minimum absolute atomic E-state index is 0.179. The number of rotatable bonds is 8. The number of nitrogens with zero attached hydrogens (tertiary/aromatic N) is 1. The molecular weight excluding hydrogens is 450 g/mol. The molecule has 2 heterocycles. The lowest BCUT2D eigenvalue weighted by Crippen LogP contribution is -2.44. The molecule has 36 heavy (non-hydrogen) atoms. The van der Waals surface area contributed by atoms with Crippen LogP contribution in [0.5, 0.6) is 0 Å². The molecule has 5 heteroatoms. The Balaban J connectivity index is 1.55. The molecule has 0 saturated carbocycles. The maximum Gasteiger partial charge on any atom is 0.164 e. The third-order valence-electron chi connectivity index (χ3n) is 7.26. The number of ether oxygens (including phenoxy) is 4. The highest BCUT2D eigenvalue weighted by Crippen LogP contribution is 2.48. The van der Waals surface area contributed by atoms with Gasteiger partial charge in [-0.05, 0) is 37.5 Å². The van der Waals surface area contributed by atoms with E-state index in [9.17, 15) is 0 Å². The Morgan fingerprint density at radius 3 is 1.81 bits per heavy atom. The van der Waals surface area contributed by atoms with E-state index in [0.29, 0.717) is 13.0 Å². The Hall–Kier alpha value is -2.83. The molecule has 0 N–H and O–H groups in total. The van der Waals surface area contributed by atoms with Crippen LogP contribution in [-0.2, 0) is 24.5 Å². The maximum atomic E-state index is 7.05. The van der Waals surface area contributed by atoms with E-state index in [1.165, 1.54) is 0 Å². The van der Waals surface area contributed by atoms with Crippen LogP contribution in [0.4, 0.5) is 0 Å². The summed E-state index contributed by atoms with van der Waals surface area (Å²) in [5.41, 5.74) is 1.76. The van der Waals surface area contributed by atoms with Gasteiger partial charge in [0.25, 0.3) is 0 Å². The van der Waals surface area contributed by atoms with Crippen LogP contribution in [-0.4, -0.2) is 49.6 Å². The monoisotopic (exact) mass is 485 g/mol. The summed E-state index contributed by atoms with van der Waals surface area (Å²) in [6.07, 6.45) is 1.79. The van der Waals surface area contributed by atoms with Crippen LogP contribution >= 0.6 is 0 Å². The fourth-order valence-electron chi connectivity index (χ4n) is 5.74. The summed E-state index contributed by atoms with van der Waals surface area (Å²) in [7, 11) is 1.78. The molecule has 0 aromatic heterocycles. The molecule has 2 aliphatic heterocycles. The van der Waals surface area contributed by atoms with Crippen molar-refractivity contribution in [3.05, 3.63) is 108 Å². The van der Waals surface area contributed by atoms with Crippen LogP contribution in [0.15, 0.2) is 96.0 Å². The molecule has 0 radical (unpaired) electrons. The minimum atomic E-state index is -0.818. The summed E-state index contributed by atoms with van der Waals surface area (Å²) in [5, 5.41) is 0. The van der Waals surface area contributed by atoms with Crippen LogP contribution in [0.25, 0.3) is 0 Å². The van der Waals surface area contributed by atoms with E-state index < -0.39 is 17.0 Å². The van der Waals surface area contributed by atoms with Gasteiger partial charge in [0, 0.05) is 19.7 Å². The molecule has 0 aliphatic carbocycles. The van der Waals surface area contributed by atoms with Gasteiger partial charge in [0.1, 0.15) is 23.4 Å². The quantitative estimate of drug-likeness (QED) is 0.301. The summed E-state index contributed by atoms with van der Waals surface area (Å²) in [6, 6.07) is 31.2. The standard InChI is InChI=1S/C31H35NO4/c1-29(2)35-28-26(34-27(20-21-32-4)30(28,3)36-29)22-33-31(23-14-8-5-9-15-23,24-16-10-6-11-17-24)25-18-12-7-13-19-25/h5-19,21,26-28H,20,22H2,1-4H3/t26?,27?,28-,30+/m1/s1. The third-order valence-corrected chi connectivity index (χ3v) is 7.26. The van der Waals surface area contributed by atoms with Crippen molar-refractivity contribution in [1.82, 2.24) is 0 Å². The highest BCUT2D eigenvalue weighted by Gasteiger charge is 2.63. The lowest BCUT2D eigenvalue weighted by Gasteiger charge is -2.37. The Labute approximate surface area is 214 Å².